The number of hydrogen-bond acceptors (Lipinski definition) is 7. The molecule has 0 saturated carbocycles. The molecule has 1 N–H and O–H groups in total. The summed E-state index contributed by atoms with van der Waals surface area (Å²) in [6, 6.07) is 15.2. The molecule has 3 aromatic rings. The van der Waals surface area contributed by atoms with Crippen molar-refractivity contribution in [2.45, 2.75) is 18.2 Å². The monoisotopic (exact) mass is 372 g/mol. The van der Waals surface area contributed by atoms with Gasteiger partial charge >= 0.3 is 0 Å². The number of rotatable bonds is 8. The lowest BCUT2D eigenvalue weighted by atomic mass is 10.2. The van der Waals surface area contributed by atoms with Crippen molar-refractivity contribution in [2.75, 3.05) is 19.5 Å². The maximum Gasteiger partial charge on any atom is 0.214 e. The van der Waals surface area contributed by atoms with Crippen LogP contribution in [0.3, 0.4) is 0 Å². The summed E-state index contributed by atoms with van der Waals surface area (Å²) in [5, 5.41) is 22.6. The smallest absolute Gasteiger partial charge is 0.214 e. The van der Waals surface area contributed by atoms with Gasteiger partial charge in [-0.05, 0) is 47.2 Å². The Labute approximate surface area is 155 Å². The van der Waals surface area contributed by atoms with E-state index in [0.29, 0.717) is 16.7 Å². The van der Waals surface area contributed by atoms with Crippen LogP contribution in [-0.2, 0) is 0 Å². The summed E-state index contributed by atoms with van der Waals surface area (Å²) in [6.45, 7) is 2.19. The van der Waals surface area contributed by atoms with Crippen LogP contribution in [-0.4, -0.2) is 50.9 Å². The summed E-state index contributed by atoms with van der Waals surface area (Å²) in [4.78, 5) is 0. The third-order valence-electron chi connectivity index (χ3n) is 3.59. The first kappa shape index (κ1) is 18.2. The minimum atomic E-state index is -0.648. The van der Waals surface area contributed by atoms with Gasteiger partial charge in [-0.3, -0.25) is 0 Å². The molecule has 0 radical (unpaired) electrons. The van der Waals surface area contributed by atoms with E-state index in [4.69, 9.17) is 9.47 Å². The summed E-state index contributed by atoms with van der Waals surface area (Å²) in [7, 11) is 1.61. The maximum atomic E-state index is 10.2. The average molecular weight is 372 g/mol. The molecule has 0 aliphatic heterocycles. The van der Waals surface area contributed by atoms with Gasteiger partial charge in [0.25, 0.3) is 0 Å². The molecule has 1 atom stereocenters. The number of ether oxygens (including phenoxy) is 2. The van der Waals surface area contributed by atoms with Gasteiger partial charge < -0.3 is 14.6 Å². The van der Waals surface area contributed by atoms with Crippen LogP contribution in [0.15, 0.2) is 53.7 Å². The lowest BCUT2D eigenvalue weighted by molar-refractivity contribution is 0.126. The third kappa shape index (κ3) is 4.53. The van der Waals surface area contributed by atoms with E-state index in [-0.39, 0.29) is 6.61 Å². The Morgan fingerprint density at radius 2 is 2.00 bits per heavy atom. The molecule has 1 aromatic heterocycles. The Hall–Kier alpha value is -2.58. The van der Waals surface area contributed by atoms with Crippen LogP contribution in [0.2, 0.25) is 0 Å². The molecule has 136 valence electrons. The molecule has 8 heteroatoms. The number of thioether (sulfide) groups is 1. The zero-order valence-corrected chi connectivity index (χ0v) is 15.4. The van der Waals surface area contributed by atoms with Crippen molar-refractivity contribution in [2.24, 2.45) is 0 Å². The average Bonchev–Trinajstić information content (AvgIpc) is 3.14. The number of aromatic nitrogens is 4. The van der Waals surface area contributed by atoms with E-state index in [9.17, 15) is 5.11 Å². The first-order chi connectivity index (χ1) is 12.7. The number of hydrogen-bond donors (Lipinski definition) is 1. The molecule has 0 unspecified atom stereocenters. The second-order valence-corrected chi connectivity index (χ2v) is 6.62. The van der Waals surface area contributed by atoms with Crippen molar-refractivity contribution in [3.05, 3.63) is 54.1 Å². The fourth-order valence-corrected chi connectivity index (χ4v) is 3.10. The van der Waals surface area contributed by atoms with Gasteiger partial charge in [0.1, 0.15) is 23.8 Å². The number of methoxy groups -OCH3 is 1. The van der Waals surface area contributed by atoms with Crippen molar-refractivity contribution in [1.82, 2.24) is 20.2 Å². The first-order valence-electron chi connectivity index (χ1n) is 8.09. The Balaban J connectivity index is 1.63. The zero-order chi connectivity index (χ0) is 18.4. The summed E-state index contributed by atoms with van der Waals surface area (Å²) in [5.41, 5.74) is 1.83. The van der Waals surface area contributed by atoms with Crippen LogP contribution in [0.25, 0.3) is 5.69 Å². The number of benzene rings is 2. The summed E-state index contributed by atoms with van der Waals surface area (Å²) in [6.07, 6.45) is -0.648. The topological polar surface area (TPSA) is 82.3 Å². The molecule has 0 bridgehead atoms. The van der Waals surface area contributed by atoms with Gasteiger partial charge in [0.2, 0.25) is 5.16 Å². The van der Waals surface area contributed by atoms with Gasteiger partial charge in [0.15, 0.2) is 0 Å². The minimum Gasteiger partial charge on any atom is -0.494 e. The van der Waals surface area contributed by atoms with Gasteiger partial charge in [-0.25, -0.2) is 0 Å². The number of nitrogens with zero attached hydrogens (tertiary/aromatic N) is 4. The predicted octanol–water partition coefficient (Wildman–Crippen LogP) is 2.51. The predicted molar refractivity (Wildman–Crippen MR) is 99.1 cm³/mol. The highest BCUT2D eigenvalue weighted by molar-refractivity contribution is 7.99. The molecule has 7 nitrogen and oxygen atoms in total. The standard InChI is InChI=1S/C18H20N4O3S/c1-13-8-9-17(24-2)16(10-13)22-18(19-20-21-22)26-12-14(23)11-25-15-6-4-3-5-7-15/h3-10,14,23H,11-12H2,1-2H3/t14-/m1/s1. The fourth-order valence-electron chi connectivity index (χ4n) is 2.31. The van der Waals surface area contributed by atoms with Crippen molar-refractivity contribution < 1.29 is 14.6 Å². The quantitative estimate of drug-likeness (QED) is 0.608. The SMILES string of the molecule is COc1ccc(C)cc1-n1nnnc1SC[C@H](O)COc1ccccc1. The van der Waals surface area contributed by atoms with Crippen molar-refractivity contribution >= 4 is 11.8 Å². The highest BCUT2D eigenvalue weighted by atomic mass is 32.2. The summed E-state index contributed by atoms with van der Waals surface area (Å²) < 4.78 is 12.6. The Morgan fingerprint density at radius 1 is 1.19 bits per heavy atom. The number of tetrazole rings is 1. The first-order valence-corrected chi connectivity index (χ1v) is 9.08. The number of para-hydroxylation sites is 1. The van der Waals surface area contributed by atoms with Crippen LogP contribution >= 0.6 is 11.8 Å². The molecule has 1 heterocycles. The van der Waals surface area contributed by atoms with E-state index < -0.39 is 6.10 Å². The minimum absolute atomic E-state index is 0.201. The zero-order valence-electron chi connectivity index (χ0n) is 14.6. The normalized spacial score (nSPS) is 12.0. The highest BCUT2D eigenvalue weighted by Gasteiger charge is 2.15. The molecule has 26 heavy (non-hydrogen) atoms. The second kappa shape index (κ2) is 8.68. The molecule has 3 rings (SSSR count). The van der Waals surface area contributed by atoms with Crippen LogP contribution in [0.1, 0.15) is 5.56 Å². The highest BCUT2D eigenvalue weighted by Crippen LogP contribution is 2.27. The van der Waals surface area contributed by atoms with E-state index in [1.807, 2.05) is 55.5 Å². The Morgan fingerprint density at radius 3 is 2.77 bits per heavy atom. The van der Waals surface area contributed by atoms with Crippen LogP contribution < -0.4 is 9.47 Å². The molecule has 0 amide bonds. The molecule has 2 aromatic carbocycles. The summed E-state index contributed by atoms with van der Waals surface area (Å²) in [5.74, 6) is 1.81. The summed E-state index contributed by atoms with van der Waals surface area (Å²) >= 11 is 1.36. The van der Waals surface area contributed by atoms with Crippen molar-refractivity contribution in [1.29, 1.82) is 0 Å². The van der Waals surface area contributed by atoms with Crippen LogP contribution in [0, 0.1) is 6.92 Å². The molecule has 0 aliphatic rings. The lowest BCUT2D eigenvalue weighted by Gasteiger charge is -2.13. The van der Waals surface area contributed by atoms with Gasteiger partial charge in [-0.2, -0.15) is 4.68 Å². The van der Waals surface area contributed by atoms with E-state index in [2.05, 4.69) is 15.5 Å². The van der Waals surface area contributed by atoms with E-state index >= 15 is 0 Å². The fraction of sp³-hybridized carbons (Fsp3) is 0.278. The van der Waals surface area contributed by atoms with Gasteiger partial charge in [-0.1, -0.05) is 36.0 Å². The number of aliphatic hydroxyl groups is 1. The number of aryl methyl sites for hydroxylation is 1. The van der Waals surface area contributed by atoms with Crippen LogP contribution in [0.4, 0.5) is 0 Å². The Kier molecular flexibility index (Phi) is 6.08. The van der Waals surface area contributed by atoms with Crippen LogP contribution in [0.5, 0.6) is 11.5 Å². The molecule has 0 aliphatic carbocycles. The van der Waals surface area contributed by atoms with E-state index in [0.717, 1.165) is 17.0 Å². The van der Waals surface area contributed by atoms with E-state index in [1.54, 1.807) is 11.8 Å². The lowest BCUT2D eigenvalue weighted by Crippen LogP contribution is -2.20. The molecular formula is C18H20N4O3S. The van der Waals surface area contributed by atoms with Crippen molar-refractivity contribution in [3.63, 3.8) is 0 Å². The van der Waals surface area contributed by atoms with Gasteiger partial charge in [0.05, 0.1) is 13.2 Å². The van der Waals surface area contributed by atoms with Gasteiger partial charge in [0, 0.05) is 5.75 Å². The molecular weight excluding hydrogens is 352 g/mol. The second-order valence-electron chi connectivity index (χ2n) is 5.64. The maximum absolute atomic E-state index is 10.2. The molecule has 0 spiro atoms. The Bertz CT molecular complexity index is 841. The van der Waals surface area contributed by atoms with Crippen molar-refractivity contribution in [3.8, 4) is 17.2 Å². The number of aliphatic hydroxyl groups excluding tert-OH is 1. The molecule has 0 saturated heterocycles. The third-order valence-corrected chi connectivity index (χ3v) is 4.66. The van der Waals surface area contributed by atoms with E-state index in [1.165, 1.54) is 11.8 Å². The van der Waals surface area contributed by atoms with Gasteiger partial charge in [-0.15, -0.1) is 5.10 Å². The largest absolute Gasteiger partial charge is 0.494 e. The molecule has 0 fully saturated rings.